The Kier molecular flexibility index (Phi) is 5.80. The summed E-state index contributed by atoms with van der Waals surface area (Å²) in [7, 11) is 2.07. The monoisotopic (exact) mass is 248 g/mol. The van der Waals surface area contributed by atoms with E-state index in [-0.39, 0.29) is 0 Å². The fourth-order valence-electron chi connectivity index (χ4n) is 2.72. The first-order valence-electron chi connectivity index (χ1n) is 6.97. The summed E-state index contributed by atoms with van der Waals surface area (Å²) in [6, 6.07) is 4.78. The Balaban J connectivity index is 2.47. The van der Waals surface area contributed by atoms with Crippen LogP contribution in [0.2, 0.25) is 0 Å². The predicted octanol–water partition coefficient (Wildman–Crippen LogP) is 3.67. The van der Waals surface area contributed by atoms with Crippen LogP contribution >= 0.6 is 0 Å². The molecule has 0 saturated heterocycles. The Bertz CT molecular complexity index is 327. The molecule has 2 nitrogen and oxygen atoms in total. The Morgan fingerprint density at radius 3 is 2.33 bits per heavy atom. The van der Waals surface area contributed by atoms with Gasteiger partial charge in [-0.3, -0.25) is 4.98 Å². The van der Waals surface area contributed by atoms with Crippen LogP contribution in [0, 0.1) is 11.3 Å². The second kappa shape index (κ2) is 6.89. The van der Waals surface area contributed by atoms with Gasteiger partial charge < -0.3 is 5.32 Å². The molecule has 0 aliphatic heterocycles. The SMILES string of the molecule is CNC(Cc1ccncc1)CC(C)CC(C)(C)C. The fraction of sp³-hybridized carbons (Fsp3) is 0.688. The first kappa shape index (κ1) is 15.2. The number of hydrogen-bond donors (Lipinski definition) is 1. The molecule has 102 valence electrons. The van der Waals surface area contributed by atoms with Crippen molar-refractivity contribution in [2.45, 2.75) is 53.0 Å². The predicted molar refractivity (Wildman–Crippen MR) is 78.6 cm³/mol. The van der Waals surface area contributed by atoms with Gasteiger partial charge in [-0.1, -0.05) is 27.7 Å². The van der Waals surface area contributed by atoms with Crippen molar-refractivity contribution in [1.29, 1.82) is 0 Å². The standard InChI is InChI=1S/C16H28N2/c1-13(12-16(2,3)4)10-15(17-5)11-14-6-8-18-9-7-14/h6-9,13,15,17H,10-12H2,1-5H3. The summed E-state index contributed by atoms with van der Waals surface area (Å²) in [5.41, 5.74) is 1.79. The highest BCUT2D eigenvalue weighted by molar-refractivity contribution is 5.11. The van der Waals surface area contributed by atoms with Crippen LogP contribution < -0.4 is 5.32 Å². The third-order valence-electron chi connectivity index (χ3n) is 3.29. The fourth-order valence-corrected chi connectivity index (χ4v) is 2.72. The molecule has 0 amide bonds. The van der Waals surface area contributed by atoms with Crippen LogP contribution in [0.4, 0.5) is 0 Å². The third kappa shape index (κ3) is 6.15. The van der Waals surface area contributed by atoms with Gasteiger partial charge in [-0.05, 0) is 55.3 Å². The number of nitrogens with zero attached hydrogens (tertiary/aromatic N) is 1. The maximum absolute atomic E-state index is 4.07. The van der Waals surface area contributed by atoms with Crippen molar-refractivity contribution < 1.29 is 0 Å². The molecule has 0 fully saturated rings. The minimum absolute atomic E-state index is 0.425. The van der Waals surface area contributed by atoms with Crippen molar-refractivity contribution in [3.05, 3.63) is 30.1 Å². The van der Waals surface area contributed by atoms with Crippen molar-refractivity contribution in [3.63, 3.8) is 0 Å². The molecule has 2 atom stereocenters. The number of nitrogens with one attached hydrogen (secondary N) is 1. The number of aromatic nitrogens is 1. The largest absolute Gasteiger partial charge is 0.317 e. The van der Waals surface area contributed by atoms with E-state index in [1.165, 1.54) is 18.4 Å². The second-order valence-corrected chi connectivity index (χ2v) is 6.65. The molecule has 0 aliphatic rings. The van der Waals surface area contributed by atoms with Gasteiger partial charge >= 0.3 is 0 Å². The average molecular weight is 248 g/mol. The molecule has 2 unspecified atom stereocenters. The van der Waals surface area contributed by atoms with Crippen LogP contribution in [0.5, 0.6) is 0 Å². The Hall–Kier alpha value is -0.890. The molecule has 1 heterocycles. The van der Waals surface area contributed by atoms with Gasteiger partial charge in [0.15, 0.2) is 0 Å². The minimum atomic E-state index is 0.425. The molecule has 1 aromatic heterocycles. The quantitative estimate of drug-likeness (QED) is 0.831. The van der Waals surface area contributed by atoms with E-state index in [4.69, 9.17) is 0 Å². The third-order valence-corrected chi connectivity index (χ3v) is 3.29. The molecule has 0 aromatic carbocycles. The summed E-state index contributed by atoms with van der Waals surface area (Å²) in [4.78, 5) is 4.07. The van der Waals surface area contributed by atoms with Crippen molar-refractivity contribution in [3.8, 4) is 0 Å². The van der Waals surface area contributed by atoms with Gasteiger partial charge in [0, 0.05) is 18.4 Å². The summed E-state index contributed by atoms with van der Waals surface area (Å²) in [5.74, 6) is 0.754. The van der Waals surface area contributed by atoms with E-state index in [0.29, 0.717) is 11.5 Å². The number of likely N-dealkylation sites (N-methyl/N-ethyl adjacent to an activating group) is 1. The lowest BCUT2D eigenvalue weighted by Gasteiger charge is -2.26. The van der Waals surface area contributed by atoms with Gasteiger partial charge in [-0.2, -0.15) is 0 Å². The van der Waals surface area contributed by atoms with Crippen LogP contribution in [0.25, 0.3) is 0 Å². The first-order valence-corrected chi connectivity index (χ1v) is 6.97. The molecule has 1 aromatic rings. The number of pyridine rings is 1. The highest BCUT2D eigenvalue weighted by Crippen LogP contribution is 2.27. The summed E-state index contributed by atoms with van der Waals surface area (Å²) in [6.07, 6.45) is 7.35. The van der Waals surface area contributed by atoms with Gasteiger partial charge in [-0.25, -0.2) is 0 Å². The van der Waals surface area contributed by atoms with E-state index in [1.54, 1.807) is 0 Å². The van der Waals surface area contributed by atoms with Gasteiger partial charge in [0.2, 0.25) is 0 Å². The van der Waals surface area contributed by atoms with E-state index in [9.17, 15) is 0 Å². The Morgan fingerprint density at radius 1 is 1.22 bits per heavy atom. The topological polar surface area (TPSA) is 24.9 Å². The van der Waals surface area contributed by atoms with Crippen LogP contribution in [0.3, 0.4) is 0 Å². The molecule has 0 spiro atoms. The van der Waals surface area contributed by atoms with E-state index in [2.05, 4.69) is 57.2 Å². The maximum atomic E-state index is 4.07. The summed E-state index contributed by atoms with van der Waals surface area (Å²) in [6.45, 7) is 9.32. The molecule has 1 N–H and O–H groups in total. The number of hydrogen-bond acceptors (Lipinski definition) is 2. The van der Waals surface area contributed by atoms with E-state index in [1.807, 2.05) is 12.4 Å². The van der Waals surface area contributed by atoms with Crippen LogP contribution in [-0.2, 0) is 6.42 Å². The van der Waals surface area contributed by atoms with Crippen LogP contribution in [-0.4, -0.2) is 18.1 Å². The zero-order chi connectivity index (χ0) is 13.6. The lowest BCUT2D eigenvalue weighted by molar-refractivity contribution is 0.277. The smallest absolute Gasteiger partial charge is 0.0270 e. The summed E-state index contributed by atoms with van der Waals surface area (Å²) in [5, 5.41) is 3.45. The molecular weight excluding hydrogens is 220 g/mol. The summed E-state index contributed by atoms with van der Waals surface area (Å²) < 4.78 is 0. The minimum Gasteiger partial charge on any atom is -0.317 e. The second-order valence-electron chi connectivity index (χ2n) is 6.65. The van der Waals surface area contributed by atoms with Crippen LogP contribution in [0.1, 0.15) is 46.1 Å². The Labute approximate surface area is 112 Å². The van der Waals surface area contributed by atoms with Gasteiger partial charge in [0.25, 0.3) is 0 Å². The van der Waals surface area contributed by atoms with E-state index >= 15 is 0 Å². The van der Waals surface area contributed by atoms with Crippen LogP contribution in [0.15, 0.2) is 24.5 Å². The van der Waals surface area contributed by atoms with E-state index < -0.39 is 0 Å². The van der Waals surface area contributed by atoms with Crippen molar-refractivity contribution >= 4 is 0 Å². The highest BCUT2D eigenvalue weighted by Gasteiger charge is 2.18. The van der Waals surface area contributed by atoms with Crippen molar-refractivity contribution in [1.82, 2.24) is 10.3 Å². The summed E-state index contributed by atoms with van der Waals surface area (Å²) >= 11 is 0. The highest BCUT2D eigenvalue weighted by atomic mass is 14.9. The van der Waals surface area contributed by atoms with Gasteiger partial charge in [0.1, 0.15) is 0 Å². The maximum Gasteiger partial charge on any atom is 0.0270 e. The lowest BCUT2D eigenvalue weighted by Crippen LogP contribution is -2.30. The normalized spacial score (nSPS) is 15.4. The number of rotatable bonds is 6. The molecule has 0 radical (unpaired) electrons. The molecule has 0 saturated carbocycles. The molecule has 18 heavy (non-hydrogen) atoms. The van der Waals surface area contributed by atoms with Gasteiger partial charge in [0.05, 0.1) is 0 Å². The van der Waals surface area contributed by atoms with Crippen molar-refractivity contribution in [2.75, 3.05) is 7.05 Å². The van der Waals surface area contributed by atoms with Gasteiger partial charge in [-0.15, -0.1) is 0 Å². The van der Waals surface area contributed by atoms with Crippen molar-refractivity contribution in [2.24, 2.45) is 11.3 Å². The average Bonchev–Trinajstić information content (AvgIpc) is 2.27. The molecule has 2 heteroatoms. The van der Waals surface area contributed by atoms with E-state index in [0.717, 1.165) is 12.3 Å². The molecule has 1 rings (SSSR count). The zero-order valence-electron chi connectivity index (χ0n) is 12.5. The zero-order valence-corrected chi connectivity index (χ0v) is 12.5. The lowest BCUT2D eigenvalue weighted by atomic mass is 9.82. The first-order chi connectivity index (χ1) is 8.40. The molecular formula is C16H28N2. The Morgan fingerprint density at radius 2 is 1.83 bits per heavy atom. The molecule has 0 bridgehead atoms. The molecule has 0 aliphatic carbocycles.